The topological polar surface area (TPSA) is 37.8 Å². The van der Waals surface area contributed by atoms with E-state index in [0.29, 0.717) is 0 Å². The molecule has 4 aromatic rings. The van der Waals surface area contributed by atoms with E-state index in [4.69, 9.17) is 0 Å². The summed E-state index contributed by atoms with van der Waals surface area (Å²) in [5, 5.41) is 5.11. The van der Waals surface area contributed by atoms with E-state index in [1.54, 1.807) is 34.4 Å². The molecule has 0 radical (unpaired) electrons. The Morgan fingerprint density at radius 3 is 2.38 bits per heavy atom. The van der Waals surface area contributed by atoms with Crippen LogP contribution in [-0.2, 0) is 0 Å². The van der Waals surface area contributed by atoms with Gasteiger partial charge in [0.15, 0.2) is 10.3 Å². The summed E-state index contributed by atoms with van der Waals surface area (Å²) in [5.74, 6) is 0. The Morgan fingerprint density at radius 1 is 0.905 bits per heavy atom. The molecular weight excluding hydrogens is 318 g/mol. The number of para-hydroxylation sites is 1. The van der Waals surface area contributed by atoms with Gasteiger partial charge in [0.25, 0.3) is 0 Å². The molecule has 104 valence electrons. The van der Waals surface area contributed by atoms with Crippen LogP contribution < -0.4 is 5.32 Å². The Balaban J connectivity index is 1.69. The summed E-state index contributed by atoms with van der Waals surface area (Å²) in [6.45, 7) is 0. The highest BCUT2D eigenvalue weighted by Crippen LogP contribution is 2.33. The summed E-state index contributed by atoms with van der Waals surface area (Å²) in [6.07, 6.45) is 2.09. The van der Waals surface area contributed by atoms with Crippen molar-refractivity contribution in [1.29, 1.82) is 0 Å². The van der Waals surface area contributed by atoms with E-state index in [0.717, 1.165) is 21.3 Å². The molecule has 2 heterocycles. The van der Waals surface area contributed by atoms with Crippen LogP contribution in [0, 0.1) is 0 Å². The highest BCUT2D eigenvalue weighted by atomic mass is 32.2. The molecule has 2 aromatic carbocycles. The summed E-state index contributed by atoms with van der Waals surface area (Å²) in [5.41, 5.74) is 2.05. The molecule has 0 aliphatic heterocycles. The maximum Gasteiger partial charge on any atom is 0.190 e. The molecule has 0 spiro atoms. The van der Waals surface area contributed by atoms with Gasteiger partial charge in [-0.3, -0.25) is 0 Å². The zero-order valence-electron chi connectivity index (χ0n) is 11.2. The van der Waals surface area contributed by atoms with Crippen LogP contribution in [0.3, 0.4) is 0 Å². The number of nitrogens with zero attached hydrogens (tertiary/aromatic N) is 2. The molecule has 0 saturated heterocycles. The lowest BCUT2D eigenvalue weighted by Crippen LogP contribution is -1.86. The third-order valence-electron chi connectivity index (χ3n) is 3.10. The molecule has 0 aliphatic carbocycles. The number of benzene rings is 2. The maximum absolute atomic E-state index is 4.62. The van der Waals surface area contributed by atoms with E-state index < -0.39 is 0 Å². The van der Waals surface area contributed by atoms with Crippen LogP contribution in [0.15, 0.2) is 47.4 Å². The van der Waals surface area contributed by atoms with Gasteiger partial charge in [0.1, 0.15) is 0 Å². The first kappa shape index (κ1) is 13.1. The van der Waals surface area contributed by atoms with Crippen molar-refractivity contribution in [2.75, 3.05) is 11.6 Å². The van der Waals surface area contributed by atoms with Gasteiger partial charge in [0.2, 0.25) is 0 Å². The normalized spacial score (nSPS) is 11.3. The van der Waals surface area contributed by atoms with Crippen LogP contribution in [0.4, 0.5) is 10.3 Å². The van der Waals surface area contributed by atoms with Gasteiger partial charge < -0.3 is 5.32 Å². The molecule has 2 aromatic heterocycles. The fourth-order valence-corrected chi connectivity index (χ4v) is 4.45. The van der Waals surface area contributed by atoms with Crippen molar-refractivity contribution in [3.05, 3.63) is 42.5 Å². The number of anilines is 2. The Bertz CT molecular complexity index is 893. The van der Waals surface area contributed by atoms with Gasteiger partial charge in [0, 0.05) is 4.90 Å². The van der Waals surface area contributed by atoms with Crippen molar-refractivity contribution < 1.29 is 0 Å². The molecule has 0 saturated carbocycles. The number of fused-ring (bicyclic) bond motifs is 2. The summed E-state index contributed by atoms with van der Waals surface area (Å²) in [4.78, 5) is 10.5. The molecule has 21 heavy (non-hydrogen) atoms. The Kier molecular flexibility index (Phi) is 3.29. The lowest BCUT2D eigenvalue weighted by Gasteiger charge is -1.93. The molecule has 3 nitrogen and oxygen atoms in total. The monoisotopic (exact) mass is 329 g/mol. The van der Waals surface area contributed by atoms with Gasteiger partial charge in [-0.2, -0.15) is 0 Å². The van der Waals surface area contributed by atoms with Crippen molar-refractivity contribution in [2.45, 2.75) is 4.90 Å². The third-order valence-corrected chi connectivity index (χ3v) is 5.71. The second-order valence-electron chi connectivity index (χ2n) is 4.46. The smallest absolute Gasteiger partial charge is 0.190 e. The number of thioether (sulfide) groups is 1. The Hall–Kier alpha value is -1.63. The fourth-order valence-electron chi connectivity index (χ4n) is 2.10. The Morgan fingerprint density at radius 2 is 1.62 bits per heavy atom. The lowest BCUT2D eigenvalue weighted by molar-refractivity contribution is 1.39. The minimum Gasteiger partial charge on any atom is -0.307 e. The maximum atomic E-state index is 4.62. The second-order valence-corrected chi connectivity index (χ2v) is 7.41. The summed E-state index contributed by atoms with van der Waals surface area (Å²) >= 11 is 5.06. The molecule has 6 heteroatoms. The van der Waals surface area contributed by atoms with Gasteiger partial charge >= 0.3 is 0 Å². The van der Waals surface area contributed by atoms with E-state index in [1.165, 1.54) is 14.3 Å². The van der Waals surface area contributed by atoms with Crippen molar-refractivity contribution in [1.82, 2.24) is 9.97 Å². The van der Waals surface area contributed by atoms with Gasteiger partial charge in [-0.25, -0.2) is 9.97 Å². The zero-order valence-corrected chi connectivity index (χ0v) is 13.6. The molecular formula is C15H11N3S3. The van der Waals surface area contributed by atoms with E-state index in [9.17, 15) is 0 Å². The number of rotatable bonds is 3. The van der Waals surface area contributed by atoms with Crippen LogP contribution in [0.5, 0.6) is 0 Å². The SMILES string of the molecule is CSc1ccc2nc(Nc3nc4ccccc4s3)sc2c1. The van der Waals surface area contributed by atoms with Gasteiger partial charge in [-0.05, 0) is 36.6 Å². The zero-order chi connectivity index (χ0) is 14.2. The molecule has 1 N–H and O–H groups in total. The second kappa shape index (κ2) is 5.29. The molecule has 4 rings (SSSR count). The number of hydrogen-bond donors (Lipinski definition) is 1. The number of aromatic nitrogens is 2. The minimum atomic E-state index is 0.889. The summed E-state index contributed by atoms with van der Waals surface area (Å²) in [7, 11) is 0. The van der Waals surface area contributed by atoms with Crippen molar-refractivity contribution in [3.63, 3.8) is 0 Å². The van der Waals surface area contributed by atoms with Crippen LogP contribution in [0.2, 0.25) is 0 Å². The molecule has 0 amide bonds. The molecule has 0 atom stereocenters. The van der Waals surface area contributed by atoms with Crippen LogP contribution in [0.1, 0.15) is 0 Å². The average Bonchev–Trinajstić information content (AvgIpc) is 3.08. The Labute approximate surface area is 134 Å². The molecule has 0 fully saturated rings. The van der Waals surface area contributed by atoms with E-state index in [1.807, 2.05) is 18.2 Å². The van der Waals surface area contributed by atoms with Gasteiger partial charge in [-0.15, -0.1) is 11.8 Å². The van der Waals surface area contributed by atoms with E-state index in [2.05, 4.69) is 45.8 Å². The largest absolute Gasteiger partial charge is 0.307 e. The number of hydrogen-bond acceptors (Lipinski definition) is 6. The third kappa shape index (κ3) is 2.50. The summed E-state index contributed by atoms with van der Waals surface area (Å²) < 4.78 is 2.39. The fraction of sp³-hybridized carbons (Fsp3) is 0.0667. The predicted octanol–water partition coefficient (Wildman–Crippen LogP) is 5.37. The van der Waals surface area contributed by atoms with Crippen LogP contribution in [-0.4, -0.2) is 16.2 Å². The predicted molar refractivity (Wildman–Crippen MR) is 94.3 cm³/mol. The first-order valence-corrected chi connectivity index (χ1v) is 9.25. The van der Waals surface area contributed by atoms with Gasteiger partial charge in [-0.1, -0.05) is 34.8 Å². The van der Waals surface area contributed by atoms with Gasteiger partial charge in [0.05, 0.1) is 20.4 Å². The average molecular weight is 329 g/mol. The van der Waals surface area contributed by atoms with Crippen molar-refractivity contribution >= 4 is 65.1 Å². The standard InChI is InChI=1S/C15H11N3S3/c1-19-9-6-7-11-13(8-9)21-15(17-11)18-14-16-10-4-2-3-5-12(10)20-14/h2-8H,1H3,(H,16,17,18). The lowest BCUT2D eigenvalue weighted by atomic mass is 10.3. The van der Waals surface area contributed by atoms with E-state index >= 15 is 0 Å². The first-order valence-electron chi connectivity index (χ1n) is 6.39. The van der Waals surface area contributed by atoms with Crippen LogP contribution >= 0.6 is 34.4 Å². The van der Waals surface area contributed by atoms with Crippen LogP contribution in [0.25, 0.3) is 20.4 Å². The number of nitrogens with one attached hydrogen (secondary N) is 1. The number of thiazole rings is 2. The quantitative estimate of drug-likeness (QED) is 0.513. The first-order chi connectivity index (χ1) is 10.3. The highest BCUT2D eigenvalue weighted by molar-refractivity contribution is 7.98. The highest BCUT2D eigenvalue weighted by Gasteiger charge is 2.08. The van der Waals surface area contributed by atoms with Crippen molar-refractivity contribution in [3.8, 4) is 0 Å². The molecule has 0 bridgehead atoms. The van der Waals surface area contributed by atoms with E-state index in [-0.39, 0.29) is 0 Å². The van der Waals surface area contributed by atoms with Crippen molar-refractivity contribution in [2.24, 2.45) is 0 Å². The summed E-state index contributed by atoms with van der Waals surface area (Å²) in [6, 6.07) is 14.5. The molecule has 0 unspecified atom stereocenters. The minimum absolute atomic E-state index is 0.889. The molecule has 0 aliphatic rings.